The van der Waals surface area contributed by atoms with E-state index < -0.39 is 9.84 Å². The summed E-state index contributed by atoms with van der Waals surface area (Å²) in [5.41, 5.74) is 0. The number of hydrogen-bond acceptors (Lipinski definition) is 8. The van der Waals surface area contributed by atoms with Crippen LogP contribution in [0.5, 0.6) is 0 Å². The molecule has 2 aromatic rings. The highest BCUT2D eigenvalue weighted by molar-refractivity contribution is 7.91. The lowest BCUT2D eigenvalue weighted by Gasteiger charge is -2.43. The Hall–Kier alpha value is -2.11. The third kappa shape index (κ3) is 3.17. The Bertz CT molecular complexity index is 896. The molecule has 0 aliphatic carbocycles. The van der Waals surface area contributed by atoms with Crippen LogP contribution < -0.4 is 0 Å². The van der Waals surface area contributed by atoms with E-state index in [1.54, 1.807) is 27.9 Å². The summed E-state index contributed by atoms with van der Waals surface area (Å²) >= 11 is 0. The molecule has 0 saturated carbocycles. The van der Waals surface area contributed by atoms with Gasteiger partial charge in [-0.15, -0.1) is 5.10 Å². The van der Waals surface area contributed by atoms with E-state index in [9.17, 15) is 13.2 Å². The molecule has 0 unspecified atom stereocenters. The van der Waals surface area contributed by atoms with Gasteiger partial charge < -0.3 is 9.64 Å². The standard InChI is InChI=1S/C15H20N6O4S/c1-25-8-14(22)20-6-5-19(11-9-26(23,24)10-12(11)20)7-13-17-15-16-3-2-4-21(15)18-13/h2-4,11-12H,5-10H2,1H3/t11-,12+/m0/s1. The van der Waals surface area contributed by atoms with E-state index in [1.165, 1.54) is 7.11 Å². The number of amides is 1. The van der Waals surface area contributed by atoms with Crippen LogP contribution in [0.3, 0.4) is 0 Å². The lowest BCUT2D eigenvalue weighted by Crippen LogP contribution is -2.60. The number of ether oxygens (including phenoxy) is 1. The largest absolute Gasteiger partial charge is 0.375 e. The molecule has 0 bridgehead atoms. The average Bonchev–Trinajstić information content (AvgIpc) is 3.14. The number of hydrogen-bond donors (Lipinski definition) is 0. The number of methoxy groups -OCH3 is 1. The molecule has 4 rings (SSSR count). The van der Waals surface area contributed by atoms with E-state index in [0.29, 0.717) is 31.2 Å². The molecule has 26 heavy (non-hydrogen) atoms. The van der Waals surface area contributed by atoms with Crippen LogP contribution >= 0.6 is 0 Å². The third-order valence-electron chi connectivity index (χ3n) is 4.88. The summed E-state index contributed by atoms with van der Waals surface area (Å²) in [7, 11) is -1.74. The SMILES string of the molecule is COCC(=O)N1CCN(Cc2nc3ncccn3n2)[C@H]2CS(=O)(=O)C[C@H]21. The minimum atomic E-state index is -3.19. The van der Waals surface area contributed by atoms with Gasteiger partial charge in [-0.1, -0.05) is 0 Å². The summed E-state index contributed by atoms with van der Waals surface area (Å²) in [6.45, 7) is 1.41. The zero-order chi connectivity index (χ0) is 18.3. The van der Waals surface area contributed by atoms with Crippen molar-refractivity contribution in [2.24, 2.45) is 0 Å². The fourth-order valence-electron chi connectivity index (χ4n) is 3.76. The molecule has 2 saturated heterocycles. The molecule has 2 fully saturated rings. The molecule has 0 aromatic carbocycles. The first-order valence-corrected chi connectivity index (χ1v) is 10.2. The average molecular weight is 380 g/mol. The van der Waals surface area contributed by atoms with Crippen molar-refractivity contribution in [2.75, 3.05) is 38.3 Å². The van der Waals surface area contributed by atoms with E-state index in [2.05, 4.69) is 20.0 Å². The number of carbonyl (C=O) groups is 1. The van der Waals surface area contributed by atoms with Crippen molar-refractivity contribution < 1.29 is 17.9 Å². The molecule has 2 atom stereocenters. The summed E-state index contributed by atoms with van der Waals surface area (Å²) < 4.78 is 31.0. The van der Waals surface area contributed by atoms with Crippen molar-refractivity contribution in [3.8, 4) is 0 Å². The molecule has 140 valence electrons. The quantitative estimate of drug-likeness (QED) is 0.636. The van der Waals surface area contributed by atoms with Gasteiger partial charge >= 0.3 is 0 Å². The van der Waals surface area contributed by atoms with Gasteiger partial charge in [0, 0.05) is 38.6 Å². The van der Waals surface area contributed by atoms with Crippen LogP contribution in [-0.2, 0) is 25.9 Å². The summed E-state index contributed by atoms with van der Waals surface area (Å²) in [5.74, 6) is 0.953. The minimum Gasteiger partial charge on any atom is -0.375 e. The summed E-state index contributed by atoms with van der Waals surface area (Å²) in [4.78, 5) is 24.5. The lowest BCUT2D eigenvalue weighted by molar-refractivity contribution is -0.141. The van der Waals surface area contributed by atoms with Crippen molar-refractivity contribution >= 4 is 21.5 Å². The summed E-state index contributed by atoms with van der Waals surface area (Å²) in [5, 5.41) is 4.39. The van der Waals surface area contributed by atoms with E-state index >= 15 is 0 Å². The van der Waals surface area contributed by atoms with Crippen LogP contribution in [0.25, 0.3) is 5.78 Å². The minimum absolute atomic E-state index is 0.0101. The van der Waals surface area contributed by atoms with Gasteiger partial charge in [-0.3, -0.25) is 9.69 Å². The Labute approximate surface area is 150 Å². The van der Waals surface area contributed by atoms with E-state index in [4.69, 9.17) is 4.74 Å². The van der Waals surface area contributed by atoms with Gasteiger partial charge in [-0.25, -0.2) is 17.9 Å². The highest BCUT2D eigenvalue weighted by Gasteiger charge is 2.48. The van der Waals surface area contributed by atoms with Gasteiger partial charge in [-0.05, 0) is 6.07 Å². The first-order valence-electron chi connectivity index (χ1n) is 8.36. The Morgan fingerprint density at radius 1 is 1.31 bits per heavy atom. The number of carbonyl (C=O) groups excluding carboxylic acids is 1. The molecule has 10 nitrogen and oxygen atoms in total. The summed E-state index contributed by atoms with van der Waals surface area (Å²) in [6, 6.07) is 1.16. The third-order valence-corrected chi connectivity index (χ3v) is 6.58. The second kappa shape index (κ2) is 6.56. The van der Waals surface area contributed by atoms with Gasteiger partial charge in [0.25, 0.3) is 5.78 Å². The van der Waals surface area contributed by atoms with Crippen LogP contribution in [-0.4, -0.2) is 94.1 Å². The number of piperazine rings is 1. The van der Waals surface area contributed by atoms with Crippen LogP contribution in [0.2, 0.25) is 0 Å². The normalized spacial score (nSPS) is 25.5. The predicted molar refractivity (Wildman–Crippen MR) is 91.0 cm³/mol. The molecule has 2 aliphatic heterocycles. The van der Waals surface area contributed by atoms with Crippen molar-refractivity contribution in [3.05, 3.63) is 24.3 Å². The zero-order valence-electron chi connectivity index (χ0n) is 14.4. The van der Waals surface area contributed by atoms with E-state index in [-0.39, 0.29) is 36.1 Å². The molecule has 4 heterocycles. The van der Waals surface area contributed by atoms with Gasteiger partial charge in [0.15, 0.2) is 15.7 Å². The van der Waals surface area contributed by atoms with Gasteiger partial charge in [0.2, 0.25) is 5.91 Å². The Kier molecular flexibility index (Phi) is 4.37. The first-order chi connectivity index (χ1) is 12.5. The monoisotopic (exact) mass is 380 g/mol. The van der Waals surface area contributed by atoms with Crippen LogP contribution in [0.15, 0.2) is 18.5 Å². The Morgan fingerprint density at radius 3 is 2.88 bits per heavy atom. The molecular formula is C15H20N6O4S. The van der Waals surface area contributed by atoms with Crippen LogP contribution in [0.4, 0.5) is 0 Å². The maximum absolute atomic E-state index is 12.3. The predicted octanol–water partition coefficient (Wildman–Crippen LogP) is -1.42. The van der Waals surface area contributed by atoms with Crippen LogP contribution in [0, 0.1) is 0 Å². The maximum Gasteiger partial charge on any atom is 0.252 e. The number of rotatable bonds is 4. The smallest absolute Gasteiger partial charge is 0.252 e. The molecule has 0 radical (unpaired) electrons. The highest BCUT2D eigenvalue weighted by atomic mass is 32.2. The molecular weight excluding hydrogens is 360 g/mol. The fraction of sp³-hybridized carbons (Fsp3) is 0.600. The second-order valence-electron chi connectivity index (χ2n) is 6.59. The van der Waals surface area contributed by atoms with Crippen molar-refractivity contribution in [1.29, 1.82) is 0 Å². The highest BCUT2D eigenvalue weighted by Crippen LogP contribution is 2.28. The Morgan fingerprint density at radius 2 is 2.12 bits per heavy atom. The molecule has 0 spiro atoms. The number of aromatic nitrogens is 4. The maximum atomic E-state index is 12.3. The first kappa shape index (κ1) is 17.3. The number of nitrogens with zero attached hydrogens (tertiary/aromatic N) is 6. The van der Waals surface area contributed by atoms with Crippen molar-refractivity contribution in [2.45, 2.75) is 18.6 Å². The Balaban J connectivity index is 1.57. The molecule has 1 amide bonds. The molecule has 11 heteroatoms. The fourth-order valence-corrected chi connectivity index (χ4v) is 5.77. The summed E-state index contributed by atoms with van der Waals surface area (Å²) in [6.07, 6.45) is 3.41. The number of fused-ring (bicyclic) bond motifs is 2. The van der Waals surface area contributed by atoms with Gasteiger partial charge in [-0.2, -0.15) is 4.98 Å². The second-order valence-corrected chi connectivity index (χ2v) is 8.75. The van der Waals surface area contributed by atoms with Crippen molar-refractivity contribution in [3.63, 3.8) is 0 Å². The number of sulfone groups is 1. The van der Waals surface area contributed by atoms with Crippen LogP contribution in [0.1, 0.15) is 5.82 Å². The van der Waals surface area contributed by atoms with E-state index in [0.717, 1.165) is 0 Å². The van der Waals surface area contributed by atoms with Crippen molar-refractivity contribution in [1.82, 2.24) is 29.4 Å². The lowest BCUT2D eigenvalue weighted by atomic mass is 10.0. The zero-order valence-corrected chi connectivity index (χ0v) is 15.2. The molecule has 2 aromatic heterocycles. The molecule has 0 N–H and O–H groups in total. The molecule has 2 aliphatic rings. The van der Waals surface area contributed by atoms with Gasteiger partial charge in [0.1, 0.15) is 6.61 Å². The topological polar surface area (TPSA) is 110 Å². The van der Waals surface area contributed by atoms with Gasteiger partial charge in [0.05, 0.1) is 24.1 Å². The van der Waals surface area contributed by atoms with E-state index in [1.807, 2.05) is 0 Å².